The summed E-state index contributed by atoms with van der Waals surface area (Å²) in [6, 6.07) is 0. The van der Waals surface area contributed by atoms with E-state index in [-0.39, 0.29) is 5.97 Å². The molecule has 2 nitrogen and oxygen atoms in total. The van der Waals surface area contributed by atoms with E-state index in [0.717, 1.165) is 12.3 Å². The number of esters is 1. The number of carbonyl (C=O) groups is 1. The van der Waals surface area contributed by atoms with Crippen LogP contribution < -0.4 is 0 Å². The first-order valence-electron chi connectivity index (χ1n) is 5.56. The highest BCUT2D eigenvalue weighted by Gasteiger charge is 2.14. The molecular weight excluding hydrogens is 196 g/mol. The molecule has 1 aliphatic heterocycles. The van der Waals surface area contributed by atoms with Crippen LogP contribution in [-0.4, -0.2) is 24.1 Å². The zero-order valence-electron chi connectivity index (χ0n) is 8.96. The van der Waals surface area contributed by atoms with Gasteiger partial charge in [0.05, 0.1) is 6.61 Å². The molecule has 0 saturated carbocycles. The van der Waals surface area contributed by atoms with Gasteiger partial charge in [0.1, 0.15) is 0 Å². The third kappa shape index (κ3) is 4.89. The van der Waals surface area contributed by atoms with Crippen LogP contribution in [0.4, 0.5) is 0 Å². The Hall–Kier alpha value is -0.180. The summed E-state index contributed by atoms with van der Waals surface area (Å²) in [7, 11) is 0. The van der Waals surface area contributed by atoms with Gasteiger partial charge in [-0.15, -0.1) is 0 Å². The molecule has 82 valence electrons. The van der Waals surface area contributed by atoms with E-state index in [4.69, 9.17) is 4.74 Å². The Balaban J connectivity index is 1.90. The second kappa shape index (κ2) is 7.16. The van der Waals surface area contributed by atoms with Gasteiger partial charge < -0.3 is 4.74 Å². The van der Waals surface area contributed by atoms with Crippen molar-refractivity contribution in [3.8, 4) is 0 Å². The lowest BCUT2D eigenvalue weighted by Crippen LogP contribution is -2.04. The highest BCUT2D eigenvalue weighted by molar-refractivity contribution is 7.99. The van der Waals surface area contributed by atoms with Crippen molar-refractivity contribution >= 4 is 17.7 Å². The highest BCUT2D eigenvalue weighted by atomic mass is 32.2. The monoisotopic (exact) mass is 216 g/mol. The van der Waals surface area contributed by atoms with Crippen LogP contribution in [0.1, 0.15) is 39.0 Å². The molecule has 1 unspecified atom stereocenters. The third-order valence-electron chi connectivity index (χ3n) is 2.57. The fraction of sp³-hybridized carbons (Fsp3) is 0.909. The Bertz CT molecular complexity index is 165. The van der Waals surface area contributed by atoms with Gasteiger partial charge in [-0.1, -0.05) is 6.42 Å². The van der Waals surface area contributed by atoms with E-state index in [9.17, 15) is 4.79 Å². The van der Waals surface area contributed by atoms with Crippen LogP contribution in [0.5, 0.6) is 0 Å². The Kier molecular flexibility index (Phi) is 6.08. The standard InChI is InChI=1S/C11H20O2S/c1-2-13-11(12)6-4-3-5-10-7-8-14-9-10/h10H,2-9H2,1H3. The number of hydrogen-bond acceptors (Lipinski definition) is 3. The molecule has 1 heterocycles. The van der Waals surface area contributed by atoms with Crippen LogP contribution in [0.3, 0.4) is 0 Å². The fourth-order valence-corrected chi connectivity index (χ4v) is 3.08. The van der Waals surface area contributed by atoms with E-state index in [1.165, 1.54) is 30.8 Å². The molecule has 1 fully saturated rings. The van der Waals surface area contributed by atoms with Gasteiger partial charge in [0.15, 0.2) is 0 Å². The van der Waals surface area contributed by atoms with Gasteiger partial charge in [0.2, 0.25) is 0 Å². The maximum Gasteiger partial charge on any atom is 0.305 e. The summed E-state index contributed by atoms with van der Waals surface area (Å²) in [6.45, 7) is 2.37. The van der Waals surface area contributed by atoms with E-state index < -0.39 is 0 Å². The van der Waals surface area contributed by atoms with Gasteiger partial charge >= 0.3 is 5.97 Å². The van der Waals surface area contributed by atoms with E-state index in [0.29, 0.717) is 13.0 Å². The molecule has 0 spiro atoms. The zero-order chi connectivity index (χ0) is 10.2. The molecule has 0 aromatic carbocycles. The number of rotatable bonds is 6. The molecular formula is C11H20O2S. The van der Waals surface area contributed by atoms with Crippen LogP contribution in [0.2, 0.25) is 0 Å². The molecule has 1 saturated heterocycles. The van der Waals surface area contributed by atoms with E-state index in [2.05, 4.69) is 11.8 Å². The van der Waals surface area contributed by atoms with Crippen molar-refractivity contribution in [3.05, 3.63) is 0 Å². The van der Waals surface area contributed by atoms with Crippen LogP contribution in [-0.2, 0) is 9.53 Å². The van der Waals surface area contributed by atoms with Crippen LogP contribution >= 0.6 is 11.8 Å². The topological polar surface area (TPSA) is 26.3 Å². The largest absolute Gasteiger partial charge is 0.466 e. The Morgan fingerprint density at radius 3 is 3.00 bits per heavy atom. The van der Waals surface area contributed by atoms with Crippen molar-refractivity contribution in [1.82, 2.24) is 0 Å². The van der Waals surface area contributed by atoms with Gasteiger partial charge in [-0.05, 0) is 43.6 Å². The van der Waals surface area contributed by atoms with Gasteiger partial charge in [-0.3, -0.25) is 4.79 Å². The maximum absolute atomic E-state index is 11.0. The lowest BCUT2D eigenvalue weighted by atomic mass is 10.0. The quantitative estimate of drug-likeness (QED) is 0.504. The second-order valence-electron chi connectivity index (χ2n) is 3.78. The molecule has 0 amide bonds. The highest BCUT2D eigenvalue weighted by Crippen LogP contribution is 2.27. The first-order chi connectivity index (χ1) is 6.83. The van der Waals surface area contributed by atoms with Crippen LogP contribution in [0.15, 0.2) is 0 Å². The molecule has 0 radical (unpaired) electrons. The summed E-state index contributed by atoms with van der Waals surface area (Å²) in [5.74, 6) is 3.55. The molecule has 0 N–H and O–H groups in total. The van der Waals surface area contributed by atoms with E-state index >= 15 is 0 Å². The molecule has 0 aromatic rings. The number of unbranched alkanes of at least 4 members (excludes halogenated alkanes) is 1. The summed E-state index contributed by atoms with van der Waals surface area (Å²) < 4.78 is 4.87. The summed E-state index contributed by atoms with van der Waals surface area (Å²) in [5.41, 5.74) is 0. The molecule has 14 heavy (non-hydrogen) atoms. The number of thioether (sulfide) groups is 1. The number of carbonyl (C=O) groups excluding carboxylic acids is 1. The summed E-state index contributed by atoms with van der Waals surface area (Å²) >= 11 is 2.06. The minimum absolute atomic E-state index is 0.0340. The molecule has 1 aliphatic rings. The molecule has 0 aliphatic carbocycles. The maximum atomic E-state index is 11.0. The fourth-order valence-electron chi connectivity index (χ4n) is 1.75. The molecule has 0 aromatic heterocycles. The predicted molar refractivity (Wildman–Crippen MR) is 60.5 cm³/mol. The van der Waals surface area contributed by atoms with Gasteiger partial charge in [-0.2, -0.15) is 11.8 Å². The Morgan fingerprint density at radius 2 is 2.36 bits per heavy atom. The van der Waals surface area contributed by atoms with Crippen molar-refractivity contribution in [1.29, 1.82) is 0 Å². The summed E-state index contributed by atoms with van der Waals surface area (Å²) in [4.78, 5) is 11.0. The van der Waals surface area contributed by atoms with Crippen molar-refractivity contribution in [3.63, 3.8) is 0 Å². The molecule has 1 rings (SSSR count). The van der Waals surface area contributed by atoms with Gasteiger partial charge in [-0.25, -0.2) is 0 Å². The van der Waals surface area contributed by atoms with Gasteiger partial charge in [0.25, 0.3) is 0 Å². The number of hydrogen-bond donors (Lipinski definition) is 0. The average molecular weight is 216 g/mol. The van der Waals surface area contributed by atoms with Crippen molar-refractivity contribution in [2.24, 2.45) is 5.92 Å². The normalized spacial score (nSPS) is 21.1. The minimum atomic E-state index is -0.0340. The molecule has 1 atom stereocenters. The zero-order valence-corrected chi connectivity index (χ0v) is 9.78. The minimum Gasteiger partial charge on any atom is -0.466 e. The third-order valence-corrected chi connectivity index (χ3v) is 3.80. The SMILES string of the molecule is CCOC(=O)CCCCC1CCSC1. The first-order valence-corrected chi connectivity index (χ1v) is 6.71. The van der Waals surface area contributed by atoms with Gasteiger partial charge in [0, 0.05) is 6.42 Å². The number of ether oxygens (including phenoxy) is 1. The lowest BCUT2D eigenvalue weighted by molar-refractivity contribution is -0.143. The van der Waals surface area contributed by atoms with E-state index in [1.807, 2.05) is 6.92 Å². The van der Waals surface area contributed by atoms with Crippen LogP contribution in [0.25, 0.3) is 0 Å². The average Bonchev–Trinajstić information content (AvgIpc) is 2.65. The summed E-state index contributed by atoms with van der Waals surface area (Å²) in [6.07, 6.45) is 5.47. The molecule has 3 heteroatoms. The van der Waals surface area contributed by atoms with Crippen molar-refractivity contribution < 1.29 is 9.53 Å². The van der Waals surface area contributed by atoms with E-state index in [1.54, 1.807) is 0 Å². The van der Waals surface area contributed by atoms with Crippen molar-refractivity contribution in [2.45, 2.75) is 39.0 Å². The Morgan fingerprint density at radius 1 is 1.50 bits per heavy atom. The lowest BCUT2D eigenvalue weighted by Gasteiger charge is -2.06. The predicted octanol–water partition coefficient (Wildman–Crippen LogP) is 2.86. The smallest absolute Gasteiger partial charge is 0.305 e. The molecule has 0 bridgehead atoms. The van der Waals surface area contributed by atoms with Crippen LogP contribution in [0, 0.1) is 5.92 Å². The first kappa shape index (κ1) is 11.9. The second-order valence-corrected chi connectivity index (χ2v) is 4.93. The van der Waals surface area contributed by atoms with Crippen molar-refractivity contribution in [2.75, 3.05) is 18.1 Å². The summed E-state index contributed by atoms with van der Waals surface area (Å²) in [5, 5.41) is 0. The Labute approximate surface area is 90.8 Å².